The van der Waals surface area contributed by atoms with Crippen molar-refractivity contribution in [2.75, 3.05) is 13.2 Å². The van der Waals surface area contributed by atoms with Gasteiger partial charge in [0.15, 0.2) is 11.5 Å². The smallest absolute Gasteiger partial charge is 0.338 e. The first kappa shape index (κ1) is 11.4. The Hall–Kier alpha value is -1.71. The molecule has 0 unspecified atom stereocenters. The molecule has 1 aromatic carbocycles. The number of phenols is 1. The van der Waals surface area contributed by atoms with Crippen LogP contribution in [-0.4, -0.2) is 24.3 Å². The van der Waals surface area contributed by atoms with Crippen LogP contribution >= 0.6 is 0 Å². The lowest BCUT2D eigenvalue weighted by atomic mass is 10.2. The largest absolute Gasteiger partial charge is 0.504 e. The zero-order valence-corrected chi connectivity index (χ0v) is 8.82. The van der Waals surface area contributed by atoms with Crippen molar-refractivity contribution in [3.8, 4) is 11.5 Å². The molecule has 0 aliphatic carbocycles. The van der Waals surface area contributed by atoms with Crippen molar-refractivity contribution < 1.29 is 19.4 Å². The number of hydrogen-bond acceptors (Lipinski definition) is 4. The van der Waals surface area contributed by atoms with E-state index in [2.05, 4.69) is 0 Å². The Morgan fingerprint density at radius 2 is 2.07 bits per heavy atom. The Kier molecular flexibility index (Phi) is 3.97. The average molecular weight is 210 g/mol. The van der Waals surface area contributed by atoms with Crippen molar-refractivity contribution in [3.05, 3.63) is 23.8 Å². The molecule has 1 rings (SSSR count). The number of hydrogen-bond donors (Lipinski definition) is 1. The summed E-state index contributed by atoms with van der Waals surface area (Å²) in [5.41, 5.74) is 0.373. The first-order valence-electron chi connectivity index (χ1n) is 4.82. The van der Waals surface area contributed by atoms with Gasteiger partial charge in [-0.15, -0.1) is 0 Å². The van der Waals surface area contributed by atoms with Gasteiger partial charge in [-0.2, -0.15) is 0 Å². The summed E-state index contributed by atoms with van der Waals surface area (Å²) in [5.74, 6) is -0.105. The number of phenolic OH excluding ortho intramolecular Hbond substituents is 1. The highest BCUT2D eigenvalue weighted by molar-refractivity contribution is 5.90. The van der Waals surface area contributed by atoms with Gasteiger partial charge in [0.05, 0.1) is 18.8 Å². The summed E-state index contributed by atoms with van der Waals surface area (Å²) in [7, 11) is 0. The molecule has 0 fully saturated rings. The molecule has 1 N–H and O–H groups in total. The molecule has 0 saturated heterocycles. The highest BCUT2D eigenvalue weighted by atomic mass is 16.5. The summed E-state index contributed by atoms with van der Waals surface area (Å²) in [5, 5.41) is 9.40. The second-order valence-corrected chi connectivity index (χ2v) is 2.84. The summed E-state index contributed by atoms with van der Waals surface area (Å²) in [6, 6.07) is 4.38. The van der Waals surface area contributed by atoms with Crippen molar-refractivity contribution >= 4 is 5.97 Å². The van der Waals surface area contributed by atoms with Gasteiger partial charge in [0, 0.05) is 0 Å². The van der Waals surface area contributed by atoms with E-state index in [4.69, 9.17) is 9.47 Å². The summed E-state index contributed by atoms with van der Waals surface area (Å²) in [4.78, 5) is 11.4. The van der Waals surface area contributed by atoms with Gasteiger partial charge >= 0.3 is 5.97 Å². The van der Waals surface area contributed by atoms with E-state index in [0.29, 0.717) is 24.5 Å². The molecule has 82 valence electrons. The lowest BCUT2D eigenvalue weighted by molar-refractivity contribution is 0.0526. The molecule has 0 aliphatic rings. The molecule has 0 atom stereocenters. The molecule has 4 nitrogen and oxygen atoms in total. The van der Waals surface area contributed by atoms with E-state index in [-0.39, 0.29) is 5.75 Å². The van der Waals surface area contributed by atoms with Crippen molar-refractivity contribution in [1.29, 1.82) is 0 Å². The fourth-order valence-electron chi connectivity index (χ4n) is 1.13. The third-order valence-electron chi connectivity index (χ3n) is 1.77. The fourth-order valence-corrected chi connectivity index (χ4v) is 1.13. The van der Waals surface area contributed by atoms with Gasteiger partial charge < -0.3 is 14.6 Å². The lowest BCUT2D eigenvalue weighted by Crippen LogP contribution is -2.05. The van der Waals surface area contributed by atoms with Crippen LogP contribution in [0.5, 0.6) is 11.5 Å². The minimum absolute atomic E-state index is 0.0184. The van der Waals surface area contributed by atoms with E-state index in [0.717, 1.165) is 0 Å². The quantitative estimate of drug-likeness (QED) is 0.772. The SMILES string of the molecule is CCOC(=O)c1ccc(O)c(OCC)c1. The predicted octanol–water partition coefficient (Wildman–Crippen LogP) is 1.97. The van der Waals surface area contributed by atoms with Gasteiger partial charge in [0.1, 0.15) is 0 Å². The molecule has 1 aromatic rings. The van der Waals surface area contributed by atoms with Crippen LogP contribution < -0.4 is 4.74 Å². The third kappa shape index (κ3) is 2.87. The van der Waals surface area contributed by atoms with Gasteiger partial charge in [-0.3, -0.25) is 0 Å². The number of benzene rings is 1. The summed E-state index contributed by atoms with van der Waals surface area (Å²) in [6.45, 7) is 4.29. The highest BCUT2D eigenvalue weighted by Crippen LogP contribution is 2.26. The molecule has 4 heteroatoms. The molecular formula is C11H14O4. The Morgan fingerprint density at radius 3 is 2.67 bits per heavy atom. The van der Waals surface area contributed by atoms with E-state index < -0.39 is 5.97 Å². The van der Waals surface area contributed by atoms with Gasteiger partial charge in [-0.05, 0) is 32.0 Å². The summed E-state index contributed by atoms with van der Waals surface area (Å²) in [6.07, 6.45) is 0. The monoisotopic (exact) mass is 210 g/mol. The van der Waals surface area contributed by atoms with Crippen LogP contribution in [0.3, 0.4) is 0 Å². The van der Waals surface area contributed by atoms with Crippen LogP contribution in [0.1, 0.15) is 24.2 Å². The zero-order valence-electron chi connectivity index (χ0n) is 8.82. The van der Waals surface area contributed by atoms with Crippen LogP contribution in [0.2, 0.25) is 0 Å². The molecule has 0 spiro atoms. The summed E-state index contributed by atoms with van der Waals surface area (Å²) >= 11 is 0. The topological polar surface area (TPSA) is 55.8 Å². The van der Waals surface area contributed by atoms with E-state index in [1.807, 2.05) is 0 Å². The lowest BCUT2D eigenvalue weighted by Gasteiger charge is -2.07. The molecule has 0 aliphatic heterocycles. The van der Waals surface area contributed by atoms with Gasteiger partial charge in [0.2, 0.25) is 0 Å². The molecule has 0 heterocycles. The van der Waals surface area contributed by atoms with Crippen LogP contribution in [-0.2, 0) is 4.74 Å². The number of aromatic hydroxyl groups is 1. The Morgan fingerprint density at radius 1 is 1.33 bits per heavy atom. The Bertz CT molecular complexity index is 346. The van der Waals surface area contributed by atoms with E-state index in [9.17, 15) is 9.90 Å². The molecule has 0 radical (unpaired) electrons. The standard InChI is InChI=1S/C11H14O4/c1-3-14-10-7-8(5-6-9(10)12)11(13)15-4-2/h5-7,12H,3-4H2,1-2H3. The van der Waals surface area contributed by atoms with Gasteiger partial charge in [-0.25, -0.2) is 4.79 Å². The first-order valence-corrected chi connectivity index (χ1v) is 4.82. The normalized spacial score (nSPS) is 9.73. The van der Waals surface area contributed by atoms with Gasteiger partial charge in [0.25, 0.3) is 0 Å². The molecular weight excluding hydrogens is 196 g/mol. The average Bonchev–Trinajstić information content (AvgIpc) is 2.22. The molecule has 0 aromatic heterocycles. The molecule has 0 bridgehead atoms. The number of carbonyl (C=O) groups excluding carboxylic acids is 1. The second kappa shape index (κ2) is 5.24. The maximum absolute atomic E-state index is 11.4. The van der Waals surface area contributed by atoms with E-state index in [1.165, 1.54) is 18.2 Å². The van der Waals surface area contributed by atoms with Crippen molar-refractivity contribution in [2.24, 2.45) is 0 Å². The number of esters is 1. The van der Waals surface area contributed by atoms with E-state index in [1.54, 1.807) is 13.8 Å². The van der Waals surface area contributed by atoms with Crippen molar-refractivity contribution in [2.45, 2.75) is 13.8 Å². The predicted molar refractivity (Wildman–Crippen MR) is 55.2 cm³/mol. The van der Waals surface area contributed by atoms with Crippen molar-refractivity contribution in [1.82, 2.24) is 0 Å². The fraction of sp³-hybridized carbons (Fsp3) is 0.364. The third-order valence-corrected chi connectivity index (χ3v) is 1.77. The minimum atomic E-state index is -0.418. The number of carbonyl (C=O) groups is 1. The Labute approximate surface area is 88.4 Å². The van der Waals surface area contributed by atoms with E-state index >= 15 is 0 Å². The second-order valence-electron chi connectivity index (χ2n) is 2.84. The van der Waals surface area contributed by atoms with Crippen LogP contribution in [0.25, 0.3) is 0 Å². The maximum Gasteiger partial charge on any atom is 0.338 e. The number of rotatable bonds is 4. The van der Waals surface area contributed by atoms with Crippen LogP contribution in [0.4, 0.5) is 0 Å². The van der Waals surface area contributed by atoms with Crippen molar-refractivity contribution in [3.63, 3.8) is 0 Å². The Balaban J connectivity index is 2.91. The minimum Gasteiger partial charge on any atom is -0.504 e. The first-order chi connectivity index (χ1) is 7.19. The zero-order chi connectivity index (χ0) is 11.3. The molecule has 0 saturated carbocycles. The van der Waals surface area contributed by atoms with Gasteiger partial charge in [-0.1, -0.05) is 0 Å². The molecule has 15 heavy (non-hydrogen) atoms. The summed E-state index contributed by atoms with van der Waals surface area (Å²) < 4.78 is 9.97. The maximum atomic E-state index is 11.4. The van der Waals surface area contributed by atoms with Crippen LogP contribution in [0, 0.1) is 0 Å². The van der Waals surface area contributed by atoms with Crippen LogP contribution in [0.15, 0.2) is 18.2 Å². The highest BCUT2D eigenvalue weighted by Gasteiger charge is 2.10. The molecule has 0 amide bonds. The number of ether oxygens (including phenoxy) is 2.